The molecule has 1 aliphatic rings. The molecule has 1 N–H and O–H groups in total. The lowest BCUT2D eigenvalue weighted by Crippen LogP contribution is -2.42. The summed E-state index contributed by atoms with van der Waals surface area (Å²) in [4.78, 5) is 11.0. The second-order valence-electron chi connectivity index (χ2n) is 4.31. The Balaban J connectivity index is 2.18. The van der Waals surface area contributed by atoms with E-state index in [1.807, 2.05) is 6.07 Å². The van der Waals surface area contributed by atoms with Crippen LogP contribution < -0.4 is 0 Å². The standard InChI is InChI=1S/C12H12N2O4S2/c13-5-9-1-3-10(4-2-9)7-20(17,18)14-8-19-6-11(14)12(15)16/h1-4,11H,6-8H2,(H,15,16)/t11-/m0/s1. The van der Waals surface area contributed by atoms with E-state index in [0.29, 0.717) is 11.1 Å². The minimum atomic E-state index is -3.68. The van der Waals surface area contributed by atoms with Gasteiger partial charge in [0.25, 0.3) is 0 Å². The zero-order valence-electron chi connectivity index (χ0n) is 10.4. The van der Waals surface area contributed by atoms with Gasteiger partial charge in [0.2, 0.25) is 10.0 Å². The Labute approximate surface area is 121 Å². The van der Waals surface area contributed by atoms with E-state index in [1.54, 1.807) is 12.1 Å². The Morgan fingerprint density at radius 2 is 2.10 bits per heavy atom. The van der Waals surface area contributed by atoms with E-state index in [1.165, 1.54) is 23.9 Å². The fourth-order valence-corrected chi connectivity index (χ4v) is 5.17. The largest absolute Gasteiger partial charge is 0.480 e. The van der Waals surface area contributed by atoms with Crippen molar-refractivity contribution in [3.63, 3.8) is 0 Å². The van der Waals surface area contributed by atoms with Crippen LogP contribution in [0.25, 0.3) is 0 Å². The summed E-state index contributed by atoms with van der Waals surface area (Å²) in [6.45, 7) is 0. The summed E-state index contributed by atoms with van der Waals surface area (Å²) in [7, 11) is -3.68. The number of thioether (sulfide) groups is 1. The molecule has 2 rings (SSSR count). The van der Waals surface area contributed by atoms with Crippen molar-refractivity contribution in [2.45, 2.75) is 11.8 Å². The monoisotopic (exact) mass is 312 g/mol. The van der Waals surface area contributed by atoms with Crippen LogP contribution in [0.5, 0.6) is 0 Å². The smallest absolute Gasteiger partial charge is 0.322 e. The number of benzene rings is 1. The van der Waals surface area contributed by atoms with Crippen molar-refractivity contribution in [2.75, 3.05) is 11.6 Å². The molecule has 1 saturated heterocycles. The first-order valence-electron chi connectivity index (χ1n) is 5.73. The van der Waals surface area contributed by atoms with Gasteiger partial charge < -0.3 is 5.11 Å². The highest BCUT2D eigenvalue weighted by molar-refractivity contribution is 8.00. The molecule has 0 saturated carbocycles. The summed E-state index contributed by atoms with van der Waals surface area (Å²) in [5.41, 5.74) is 0.983. The molecule has 8 heteroatoms. The van der Waals surface area contributed by atoms with Gasteiger partial charge in [-0.25, -0.2) is 8.42 Å². The summed E-state index contributed by atoms with van der Waals surface area (Å²) in [5, 5.41) is 17.7. The first-order chi connectivity index (χ1) is 9.44. The number of sulfonamides is 1. The highest BCUT2D eigenvalue weighted by Gasteiger charge is 2.39. The third kappa shape index (κ3) is 3.12. The summed E-state index contributed by atoms with van der Waals surface area (Å²) < 4.78 is 25.5. The van der Waals surface area contributed by atoms with E-state index in [-0.39, 0.29) is 17.4 Å². The molecule has 20 heavy (non-hydrogen) atoms. The van der Waals surface area contributed by atoms with Gasteiger partial charge in [0.05, 0.1) is 23.3 Å². The average molecular weight is 312 g/mol. The lowest BCUT2D eigenvalue weighted by atomic mass is 10.2. The second kappa shape index (κ2) is 5.83. The fraction of sp³-hybridized carbons (Fsp3) is 0.333. The maximum Gasteiger partial charge on any atom is 0.322 e. The number of aliphatic carboxylic acids is 1. The number of nitrogens with zero attached hydrogens (tertiary/aromatic N) is 2. The van der Waals surface area contributed by atoms with Gasteiger partial charge in [-0.05, 0) is 17.7 Å². The van der Waals surface area contributed by atoms with Gasteiger partial charge in [-0.1, -0.05) is 12.1 Å². The van der Waals surface area contributed by atoms with Crippen molar-refractivity contribution in [3.05, 3.63) is 35.4 Å². The molecule has 1 atom stereocenters. The zero-order chi connectivity index (χ0) is 14.8. The van der Waals surface area contributed by atoms with E-state index in [4.69, 9.17) is 10.4 Å². The van der Waals surface area contributed by atoms with Crippen LogP contribution in [0.4, 0.5) is 0 Å². The van der Waals surface area contributed by atoms with Crippen molar-refractivity contribution < 1.29 is 18.3 Å². The fourth-order valence-electron chi connectivity index (χ4n) is 1.87. The number of nitriles is 1. The van der Waals surface area contributed by atoms with E-state index in [0.717, 1.165) is 4.31 Å². The molecule has 0 amide bonds. The molecule has 0 unspecified atom stereocenters. The number of hydrogen-bond donors (Lipinski definition) is 1. The normalized spacial score (nSPS) is 19.6. The van der Waals surface area contributed by atoms with Crippen molar-refractivity contribution in [1.82, 2.24) is 4.31 Å². The van der Waals surface area contributed by atoms with Gasteiger partial charge in [0.1, 0.15) is 6.04 Å². The number of carbonyl (C=O) groups is 1. The molecule has 0 spiro atoms. The molecule has 0 bridgehead atoms. The predicted octanol–water partition coefficient (Wildman–Crippen LogP) is 0.848. The summed E-state index contributed by atoms with van der Waals surface area (Å²) >= 11 is 1.28. The number of carboxylic acid groups (broad SMARTS) is 1. The van der Waals surface area contributed by atoms with Crippen LogP contribution in [-0.4, -0.2) is 41.5 Å². The van der Waals surface area contributed by atoms with Gasteiger partial charge in [-0.2, -0.15) is 9.57 Å². The van der Waals surface area contributed by atoms with Gasteiger partial charge in [0, 0.05) is 5.75 Å². The van der Waals surface area contributed by atoms with E-state index < -0.39 is 22.0 Å². The molecule has 1 aliphatic heterocycles. The second-order valence-corrected chi connectivity index (χ2v) is 7.23. The molecule has 1 aromatic carbocycles. The van der Waals surface area contributed by atoms with Crippen LogP contribution >= 0.6 is 11.8 Å². The van der Waals surface area contributed by atoms with Crippen LogP contribution in [0.15, 0.2) is 24.3 Å². The molecular weight excluding hydrogens is 300 g/mol. The minimum Gasteiger partial charge on any atom is -0.480 e. The maximum atomic E-state index is 12.3. The number of rotatable bonds is 4. The highest BCUT2D eigenvalue weighted by Crippen LogP contribution is 2.26. The summed E-state index contributed by atoms with van der Waals surface area (Å²) in [6, 6.07) is 7.17. The quantitative estimate of drug-likeness (QED) is 0.885. The predicted molar refractivity (Wildman–Crippen MR) is 74.4 cm³/mol. The van der Waals surface area contributed by atoms with Crippen LogP contribution in [0.2, 0.25) is 0 Å². The van der Waals surface area contributed by atoms with E-state index in [9.17, 15) is 13.2 Å². The van der Waals surface area contributed by atoms with Gasteiger partial charge >= 0.3 is 5.97 Å². The van der Waals surface area contributed by atoms with Crippen LogP contribution in [0, 0.1) is 11.3 Å². The molecule has 1 aromatic rings. The Kier molecular flexibility index (Phi) is 4.32. The maximum absolute atomic E-state index is 12.3. The van der Waals surface area contributed by atoms with Crippen molar-refractivity contribution in [3.8, 4) is 6.07 Å². The third-order valence-corrected chi connectivity index (χ3v) is 5.89. The Bertz CT molecular complexity index is 649. The molecule has 1 heterocycles. The molecule has 6 nitrogen and oxygen atoms in total. The first kappa shape index (κ1) is 14.8. The van der Waals surface area contributed by atoms with Crippen molar-refractivity contribution in [2.24, 2.45) is 0 Å². The number of carboxylic acids is 1. The Morgan fingerprint density at radius 1 is 1.45 bits per heavy atom. The minimum absolute atomic E-state index is 0.162. The van der Waals surface area contributed by atoms with Gasteiger partial charge in [-0.15, -0.1) is 11.8 Å². The molecule has 0 radical (unpaired) electrons. The van der Waals surface area contributed by atoms with E-state index >= 15 is 0 Å². The molecule has 0 aromatic heterocycles. The molecule has 106 valence electrons. The van der Waals surface area contributed by atoms with Crippen LogP contribution in [0.1, 0.15) is 11.1 Å². The topological polar surface area (TPSA) is 98.5 Å². The van der Waals surface area contributed by atoms with Crippen LogP contribution in [-0.2, 0) is 20.6 Å². The SMILES string of the molecule is N#Cc1ccc(CS(=O)(=O)N2CSC[C@H]2C(=O)O)cc1. The highest BCUT2D eigenvalue weighted by atomic mass is 32.2. The number of hydrogen-bond acceptors (Lipinski definition) is 5. The molecular formula is C12H12N2O4S2. The molecule has 1 fully saturated rings. The van der Waals surface area contributed by atoms with Crippen molar-refractivity contribution in [1.29, 1.82) is 5.26 Å². The zero-order valence-corrected chi connectivity index (χ0v) is 12.0. The average Bonchev–Trinajstić information content (AvgIpc) is 2.89. The van der Waals surface area contributed by atoms with Gasteiger partial charge in [0.15, 0.2) is 0 Å². The Hall–Kier alpha value is -1.56. The van der Waals surface area contributed by atoms with Crippen LogP contribution in [0.3, 0.4) is 0 Å². The first-order valence-corrected chi connectivity index (χ1v) is 8.49. The van der Waals surface area contributed by atoms with E-state index in [2.05, 4.69) is 0 Å². The Morgan fingerprint density at radius 3 is 2.65 bits per heavy atom. The van der Waals surface area contributed by atoms with Gasteiger partial charge in [-0.3, -0.25) is 4.79 Å². The lowest BCUT2D eigenvalue weighted by molar-refractivity contribution is -0.140. The molecule has 0 aliphatic carbocycles. The van der Waals surface area contributed by atoms with Crippen molar-refractivity contribution >= 4 is 27.8 Å². The third-order valence-electron chi connectivity index (χ3n) is 2.92. The summed E-state index contributed by atoms with van der Waals surface area (Å²) in [6.07, 6.45) is 0. The lowest BCUT2D eigenvalue weighted by Gasteiger charge is -2.20. The summed E-state index contributed by atoms with van der Waals surface area (Å²) in [5.74, 6) is -0.959.